The lowest BCUT2D eigenvalue weighted by atomic mass is 10.0. The van der Waals surface area contributed by atoms with Gasteiger partial charge in [0.1, 0.15) is 0 Å². The Morgan fingerprint density at radius 1 is 1.73 bits per heavy atom. The Labute approximate surface area is 85.1 Å². The molecule has 0 aliphatic heterocycles. The first-order valence-electron chi connectivity index (χ1n) is 3.47. The van der Waals surface area contributed by atoms with Crippen LogP contribution in [0.3, 0.4) is 0 Å². The van der Waals surface area contributed by atoms with Crippen molar-refractivity contribution in [2.75, 3.05) is 5.33 Å². The molecule has 3 heteroatoms. The Bertz CT molecular complexity index is 143. The number of rotatable bonds is 4. The van der Waals surface area contributed by atoms with E-state index in [1.165, 1.54) is 0 Å². The molecule has 0 aliphatic rings. The fourth-order valence-electron chi connectivity index (χ4n) is 0.632. The molecule has 0 fully saturated rings. The summed E-state index contributed by atoms with van der Waals surface area (Å²) in [5.41, 5.74) is 1.00. The Hall–Kier alpha value is 0.660. The van der Waals surface area contributed by atoms with Crippen molar-refractivity contribution in [3.05, 3.63) is 12.2 Å². The summed E-state index contributed by atoms with van der Waals surface area (Å²) in [5.74, 6) is 0. The van der Waals surface area contributed by atoms with Crippen molar-refractivity contribution < 1.29 is 5.11 Å². The summed E-state index contributed by atoms with van der Waals surface area (Å²) >= 11 is 6.76. The lowest BCUT2D eigenvalue weighted by Gasteiger charge is -2.26. The van der Waals surface area contributed by atoms with Crippen molar-refractivity contribution in [3.63, 3.8) is 0 Å². The minimum Gasteiger partial charge on any atom is -0.391 e. The van der Waals surface area contributed by atoms with Gasteiger partial charge >= 0.3 is 0 Å². The molecule has 0 aromatic rings. The van der Waals surface area contributed by atoms with Gasteiger partial charge in [-0.2, -0.15) is 0 Å². The maximum atomic E-state index is 9.61. The number of alkyl halides is 2. The van der Waals surface area contributed by atoms with Crippen molar-refractivity contribution in [1.29, 1.82) is 0 Å². The highest BCUT2D eigenvalue weighted by atomic mass is 79.9. The van der Waals surface area contributed by atoms with Crippen LogP contribution in [0, 0.1) is 0 Å². The van der Waals surface area contributed by atoms with Gasteiger partial charge in [-0.3, -0.25) is 0 Å². The van der Waals surface area contributed by atoms with Crippen LogP contribution < -0.4 is 0 Å². The summed E-state index contributed by atoms with van der Waals surface area (Å²) in [6, 6.07) is 0. The first-order valence-corrected chi connectivity index (χ1v) is 5.39. The number of aliphatic hydroxyl groups is 1. The molecule has 2 atom stereocenters. The van der Waals surface area contributed by atoms with Gasteiger partial charge in [0.25, 0.3) is 0 Å². The number of halogens is 2. The molecule has 0 heterocycles. The Morgan fingerprint density at radius 2 is 2.18 bits per heavy atom. The van der Waals surface area contributed by atoms with Crippen LogP contribution in [-0.2, 0) is 0 Å². The molecule has 0 spiro atoms. The highest BCUT2D eigenvalue weighted by Crippen LogP contribution is 2.27. The lowest BCUT2D eigenvalue weighted by molar-refractivity contribution is 0.147. The molecule has 0 amide bonds. The first-order chi connectivity index (χ1) is 4.90. The number of hydrogen-bond acceptors (Lipinski definition) is 1. The molecule has 1 nitrogen and oxygen atoms in total. The summed E-state index contributed by atoms with van der Waals surface area (Å²) in [6.45, 7) is 7.62. The van der Waals surface area contributed by atoms with Crippen LogP contribution in [0.1, 0.15) is 20.3 Å². The molecule has 0 rings (SSSR count). The zero-order valence-electron chi connectivity index (χ0n) is 6.90. The van der Waals surface area contributed by atoms with Crippen molar-refractivity contribution in [2.45, 2.75) is 30.7 Å². The van der Waals surface area contributed by atoms with E-state index in [-0.39, 0.29) is 10.4 Å². The number of aliphatic hydroxyl groups excluding tert-OH is 1. The lowest BCUT2D eigenvalue weighted by Crippen LogP contribution is -2.34. The minimum atomic E-state index is -0.376. The average molecular weight is 286 g/mol. The largest absolute Gasteiger partial charge is 0.391 e. The van der Waals surface area contributed by atoms with Crippen molar-refractivity contribution in [3.8, 4) is 0 Å². The normalized spacial score (nSPS) is 19.0. The van der Waals surface area contributed by atoms with Gasteiger partial charge in [-0.1, -0.05) is 37.4 Å². The third-order valence-electron chi connectivity index (χ3n) is 1.50. The molecule has 2 unspecified atom stereocenters. The van der Waals surface area contributed by atoms with E-state index in [2.05, 4.69) is 38.4 Å². The molecule has 11 heavy (non-hydrogen) atoms. The van der Waals surface area contributed by atoms with Crippen LogP contribution in [0.25, 0.3) is 0 Å². The highest BCUT2D eigenvalue weighted by Gasteiger charge is 2.28. The second-order valence-corrected chi connectivity index (χ2v) is 5.46. The smallest absolute Gasteiger partial charge is 0.0735 e. The summed E-state index contributed by atoms with van der Waals surface area (Å²) in [5, 5.41) is 10.3. The Kier molecular flexibility index (Phi) is 4.91. The van der Waals surface area contributed by atoms with E-state index in [0.717, 1.165) is 10.9 Å². The van der Waals surface area contributed by atoms with E-state index < -0.39 is 0 Å². The first kappa shape index (κ1) is 11.7. The van der Waals surface area contributed by atoms with Crippen molar-refractivity contribution >= 4 is 31.9 Å². The molecule has 0 aromatic carbocycles. The molecular weight excluding hydrogens is 272 g/mol. The van der Waals surface area contributed by atoms with E-state index in [1.807, 2.05) is 13.8 Å². The third kappa shape index (κ3) is 4.28. The van der Waals surface area contributed by atoms with Gasteiger partial charge in [-0.25, -0.2) is 0 Å². The predicted octanol–water partition coefficient (Wildman–Crippen LogP) is 2.86. The second kappa shape index (κ2) is 4.63. The maximum absolute atomic E-state index is 9.61. The van der Waals surface area contributed by atoms with Crippen LogP contribution in [-0.4, -0.2) is 20.9 Å². The molecular formula is C8H14Br2O. The molecule has 0 radical (unpaired) electrons. The zero-order valence-corrected chi connectivity index (χ0v) is 10.1. The third-order valence-corrected chi connectivity index (χ3v) is 4.22. The van der Waals surface area contributed by atoms with Crippen LogP contribution in [0.2, 0.25) is 0 Å². The van der Waals surface area contributed by atoms with Crippen molar-refractivity contribution in [1.82, 2.24) is 0 Å². The van der Waals surface area contributed by atoms with Crippen LogP contribution >= 0.6 is 31.9 Å². The molecule has 0 aliphatic carbocycles. The predicted molar refractivity (Wildman–Crippen MR) is 56.6 cm³/mol. The summed E-state index contributed by atoms with van der Waals surface area (Å²) in [6.07, 6.45) is 0.271. The molecule has 0 saturated carbocycles. The molecule has 0 aromatic heterocycles. The van der Waals surface area contributed by atoms with Gasteiger partial charge in [0, 0.05) is 5.33 Å². The monoisotopic (exact) mass is 284 g/mol. The van der Waals surface area contributed by atoms with Crippen LogP contribution in [0.15, 0.2) is 12.2 Å². The maximum Gasteiger partial charge on any atom is 0.0735 e. The highest BCUT2D eigenvalue weighted by molar-refractivity contribution is 9.12. The van der Waals surface area contributed by atoms with E-state index in [4.69, 9.17) is 0 Å². The van der Waals surface area contributed by atoms with Gasteiger partial charge in [-0.15, -0.1) is 6.58 Å². The quantitative estimate of drug-likeness (QED) is 0.622. The second-order valence-electron chi connectivity index (χ2n) is 3.09. The minimum absolute atomic E-state index is 0.244. The van der Waals surface area contributed by atoms with Gasteiger partial charge in [0.05, 0.1) is 10.4 Å². The van der Waals surface area contributed by atoms with E-state index >= 15 is 0 Å². The SMILES string of the molecule is C=C(C)CC(O)C(C)(Br)CBr. The Balaban J connectivity index is 4.01. The molecule has 66 valence electrons. The van der Waals surface area contributed by atoms with Crippen LogP contribution in [0.4, 0.5) is 0 Å². The van der Waals surface area contributed by atoms with E-state index in [9.17, 15) is 5.11 Å². The topological polar surface area (TPSA) is 20.2 Å². The molecule has 0 saturated heterocycles. The Morgan fingerprint density at radius 3 is 2.45 bits per heavy atom. The molecule has 0 bridgehead atoms. The summed E-state index contributed by atoms with van der Waals surface area (Å²) in [4.78, 5) is 0. The number of hydrogen-bond donors (Lipinski definition) is 1. The fraction of sp³-hybridized carbons (Fsp3) is 0.750. The van der Waals surface area contributed by atoms with Crippen molar-refractivity contribution in [2.24, 2.45) is 0 Å². The van der Waals surface area contributed by atoms with E-state index in [0.29, 0.717) is 6.42 Å². The van der Waals surface area contributed by atoms with Gasteiger partial charge in [0.2, 0.25) is 0 Å². The zero-order chi connectivity index (χ0) is 9.07. The van der Waals surface area contributed by atoms with Gasteiger partial charge in [-0.05, 0) is 20.3 Å². The van der Waals surface area contributed by atoms with E-state index in [1.54, 1.807) is 0 Å². The van der Waals surface area contributed by atoms with Gasteiger partial charge < -0.3 is 5.11 Å². The fourth-order valence-corrected chi connectivity index (χ4v) is 1.17. The summed E-state index contributed by atoms with van der Waals surface area (Å²) in [7, 11) is 0. The van der Waals surface area contributed by atoms with Crippen LogP contribution in [0.5, 0.6) is 0 Å². The standard InChI is InChI=1S/C8H14Br2O/c1-6(2)4-7(11)8(3,10)5-9/h7,11H,1,4-5H2,2-3H3. The van der Waals surface area contributed by atoms with Gasteiger partial charge in [0.15, 0.2) is 0 Å². The molecule has 1 N–H and O–H groups in total. The average Bonchev–Trinajstić information content (AvgIpc) is 1.86. The summed E-state index contributed by atoms with van der Waals surface area (Å²) < 4.78 is -0.244.